The molecule has 0 spiro atoms. The van der Waals surface area contributed by atoms with Gasteiger partial charge in [0, 0.05) is 11.5 Å². The van der Waals surface area contributed by atoms with Crippen molar-refractivity contribution in [2.75, 3.05) is 10.5 Å². The van der Waals surface area contributed by atoms with Crippen molar-refractivity contribution in [1.82, 2.24) is 14.8 Å². The van der Waals surface area contributed by atoms with Crippen LogP contribution in [0.1, 0.15) is 36.6 Å². The highest BCUT2D eigenvalue weighted by Crippen LogP contribution is 2.24. The Morgan fingerprint density at radius 2 is 1.88 bits per heavy atom. The predicted molar refractivity (Wildman–Crippen MR) is 105 cm³/mol. The molecule has 0 aliphatic rings. The molecule has 0 bridgehead atoms. The smallest absolute Gasteiger partial charge is 0.233 e. The molecule has 3 rings (SSSR count). The predicted octanol–water partition coefficient (Wildman–Crippen LogP) is 3.89. The minimum absolute atomic E-state index is 0.0943. The van der Waals surface area contributed by atoms with E-state index in [1.54, 1.807) is 10.7 Å². The molecule has 0 saturated heterocycles. The molecule has 0 atom stereocenters. The normalized spacial score (nSPS) is 11.8. The van der Waals surface area contributed by atoms with Crippen molar-refractivity contribution in [3.05, 3.63) is 47.2 Å². The van der Waals surface area contributed by atoms with Crippen LogP contribution in [-0.4, -0.2) is 28.9 Å². The van der Waals surface area contributed by atoms with E-state index in [9.17, 15) is 8.42 Å². The van der Waals surface area contributed by atoms with Gasteiger partial charge in [-0.05, 0) is 44.4 Å². The van der Waals surface area contributed by atoms with Gasteiger partial charge in [0.2, 0.25) is 10.0 Å². The maximum atomic E-state index is 12.3. The molecule has 26 heavy (non-hydrogen) atoms. The fourth-order valence-electron chi connectivity index (χ4n) is 2.94. The van der Waals surface area contributed by atoms with Crippen LogP contribution in [-0.2, 0) is 10.0 Å². The zero-order chi connectivity index (χ0) is 18.9. The highest BCUT2D eigenvalue weighted by Gasteiger charge is 2.17. The van der Waals surface area contributed by atoms with Crippen LogP contribution < -0.4 is 4.72 Å². The number of pyridine rings is 1. The van der Waals surface area contributed by atoms with Gasteiger partial charge in [0.15, 0.2) is 5.82 Å². The Hall–Kier alpha value is -2.41. The zero-order valence-electron chi connectivity index (χ0n) is 15.6. The number of fused-ring (bicyclic) bond motifs is 1. The van der Waals surface area contributed by atoms with Crippen LogP contribution >= 0.6 is 0 Å². The van der Waals surface area contributed by atoms with Crippen LogP contribution in [0.4, 0.5) is 5.82 Å². The molecule has 3 aromatic rings. The van der Waals surface area contributed by atoms with E-state index in [4.69, 9.17) is 4.98 Å². The van der Waals surface area contributed by atoms with Crippen molar-refractivity contribution in [3.8, 4) is 5.82 Å². The van der Waals surface area contributed by atoms with Gasteiger partial charge < -0.3 is 0 Å². The number of aromatic nitrogens is 3. The Morgan fingerprint density at radius 1 is 1.12 bits per heavy atom. The second-order valence-corrected chi connectivity index (χ2v) is 8.47. The lowest BCUT2D eigenvalue weighted by atomic mass is 10.1. The first-order chi connectivity index (χ1) is 12.3. The Balaban J connectivity index is 2.08. The largest absolute Gasteiger partial charge is 0.267 e. The molecule has 0 aliphatic carbocycles. The number of rotatable bonds is 6. The quantitative estimate of drug-likeness (QED) is 0.712. The fraction of sp³-hybridized carbons (Fsp3) is 0.368. The SMILES string of the molecule is CCCCS(=O)(=O)Nc1cc(C)nn1-c1cc(C)c2cccc(C)c2n1. The van der Waals surface area contributed by atoms with Gasteiger partial charge in [0.1, 0.15) is 5.82 Å². The Labute approximate surface area is 154 Å². The monoisotopic (exact) mass is 372 g/mol. The third-order valence-electron chi connectivity index (χ3n) is 4.31. The third-order valence-corrected chi connectivity index (χ3v) is 5.66. The third kappa shape index (κ3) is 3.72. The summed E-state index contributed by atoms with van der Waals surface area (Å²) in [6.45, 7) is 7.84. The van der Waals surface area contributed by atoms with Crippen LogP contribution in [0.25, 0.3) is 16.7 Å². The summed E-state index contributed by atoms with van der Waals surface area (Å²) in [6, 6.07) is 9.72. The first-order valence-corrected chi connectivity index (χ1v) is 10.4. The lowest BCUT2D eigenvalue weighted by Crippen LogP contribution is -2.19. The number of benzene rings is 1. The molecule has 7 heteroatoms. The average molecular weight is 372 g/mol. The minimum atomic E-state index is -3.41. The highest BCUT2D eigenvalue weighted by atomic mass is 32.2. The highest BCUT2D eigenvalue weighted by molar-refractivity contribution is 7.92. The van der Waals surface area contributed by atoms with Crippen molar-refractivity contribution >= 4 is 26.7 Å². The average Bonchev–Trinajstić information content (AvgIpc) is 2.93. The maximum absolute atomic E-state index is 12.3. The van der Waals surface area contributed by atoms with Gasteiger partial charge in [0.05, 0.1) is 17.0 Å². The Bertz CT molecular complexity index is 1050. The fourth-order valence-corrected chi connectivity index (χ4v) is 4.18. The molecule has 0 fully saturated rings. The van der Waals surface area contributed by atoms with Crippen LogP contribution in [0, 0.1) is 20.8 Å². The van der Waals surface area contributed by atoms with E-state index in [-0.39, 0.29) is 5.75 Å². The number of nitrogens with one attached hydrogen (secondary N) is 1. The van der Waals surface area contributed by atoms with E-state index in [2.05, 4.69) is 9.82 Å². The lowest BCUT2D eigenvalue weighted by Gasteiger charge is -2.12. The number of para-hydroxylation sites is 1. The summed E-state index contributed by atoms with van der Waals surface area (Å²) >= 11 is 0. The first kappa shape index (κ1) is 18.4. The van der Waals surface area contributed by atoms with E-state index in [1.165, 1.54) is 0 Å². The number of sulfonamides is 1. The molecule has 2 heterocycles. The van der Waals surface area contributed by atoms with E-state index < -0.39 is 10.0 Å². The van der Waals surface area contributed by atoms with Crippen molar-refractivity contribution in [2.24, 2.45) is 0 Å². The summed E-state index contributed by atoms with van der Waals surface area (Å²) in [5.74, 6) is 1.11. The summed E-state index contributed by atoms with van der Waals surface area (Å²) in [7, 11) is -3.41. The standard InChI is InChI=1S/C19H24N4O2S/c1-5-6-10-26(24,25)22-18-12-15(4)21-23(18)17-11-14(3)16-9-7-8-13(2)19(16)20-17/h7-9,11-12,22H,5-6,10H2,1-4H3. The molecular formula is C19H24N4O2S. The Morgan fingerprint density at radius 3 is 2.62 bits per heavy atom. The van der Waals surface area contributed by atoms with Crippen molar-refractivity contribution in [2.45, 2.75) is 40.5 Å². The molecule has 0 radical (unpaired) electrons. The van der Waals surface area contributed by atoms with Gasteiger partial charge in [-0.25, -0.2) is 13.4 Å². The summed E-state index contributed by atoms with van der Waals surface area (Å²) in [5.41, 5.74) is 3.76. The van der Waals surface area contributed by atoms with Gasteiger partial charge in [-0.3, -0.25) is 4.72 Å². The number of hydrogen-bond acceptors (Lipinski definition) is 4. The van der Waals surface area contributed by atoms with Crippen LogP contribution in [0.15, 0.2) is 30.3 Å². The van der Waals surface area contributed by atoms with E-state index in [0.717, 1.165) is 34.1 Å². The summed E-state index contributed by atoms with van der Waals surface area (Å²) in [6.07, 6.45) is 1.44. The number of aryl methyl sites for hydroxylation is 3. The van der Waals surface area contributed by atoms with Gasteiger partial charge in [0.25, 0.3) is 0 Å². The van der Waals surface area contributed by atoms with Crippen LogP contribution in [0.2, 0.25) is 0 Å². The van der Waals surface area contributed by atoms with Crippen LogP contribution in [0.5, 0.6) is 0 Å². The first-order valence-electron chi connectivity index (χ1n) is 8.75. The van der Waals surface area contributed by atoms with Crippen molar-refractivity contribution < 1.29 is 8.42 Å². The number of unbranched alkanes of at least 4 members (excludes halogenated alkanes) is 1. The number of nitrogens with zero attached hydrogens (tertiary/aromatic N) is 3. The van der Waals surface area contributed by atoms with E-state index in [1.807, 2.05) is 52.0 Å². The Kier molecular flexibility index (Phi) is 5.00. The van der Waals surface area contributed by atoms with Gasteiger partial charge >= 0.3 is 0 Å². The van der Waals surface area contributed by atoms with Crippen molar-refractivity contribution in [1.29, 1.82) is 0 Å². The molecule has 0 aliphatic heterocycles. The van der Waals surface area contributed by atoms with Crippen LogP contribution in [0.3, 0.4) is 0 Å². The van der Waals surface area contributed by atoms with E-state index in [0.29, 0.717) is 18.1 Å². The second kappa shape index (κ2) is 7.07. The summed E-state index contributed by atoms with van der Waals surface area (Å²) in [4.78, 5) is 4.74. The molecule has 6 nitrogen and oxygen atoms in total. The molecular weight excluding hydrogens is 348 g/mol. The lowest BCUT2D eigenvalue weighted by molar-refractivity contribution is 0.597. The van der Waals surface area contributed by atoms with Gasteiger partial charge in [-0.1, -0.05) is 31.5 Å². The molecule has 0 unspecified atom stereocenters. The molecule has 1 aromatic carbocycles. The number of anilines is 1. The van der Waals surface area contributed by atoms with Gasteiger partial charge in [-0.2, -0.15) is 9.78 Å². The molecule has 0 saturated carbocycles. The second-order valence-electron chi connectivity index (χ2n) is 6.63. The minimum Gasteiger partial charge on any atom is -0.267 e. The zero-order valence-corrected chi connectivity index (χ0v) is 16.4. The van der Waals surface area contributed by atoms with E-state index >= 15 is 0 Å². The molecule has 2 aromatic heterocycles. The maximum Gasteiger partial charge on any atom is 0.233 e. The summed E-state index contributed by atoms with van der Waals surface area (Å²) < 4.78 is 28.8. The molecule has 0 amide bonds. The molecule has 1 N–H and O–H groups in total. The molecule has 138 valence electrons. The summed E-state index contributed by atoms with van der Waals surface area (Å²) in [5, 5.41) is 5.54. The van der Waals surface area contributed by atoms with Crippen molar-refractivity contribution in [3.63, 3.8) is 0 Å². The topological polar surface area (TPSA) is 76.9 Å². The van der Waals surface area contributed by atoms with Gasteiger partial charge in [-0.15, -0.1) is 0 Å². The number of hydrogen-bond donors (Lipinski definition) is 1.